The number of benzene rings is 2. The molecule has 1 aliphatic heterocycles. The van der Waals surface area contributed by atoms with E-state index in [1.54, 1.807) is 6.07 Å². The van der Waals surface area contributed by atoms with Gasteiger partial charge in [0.2, 0.25) is 0 Å². The van der Waals surface area contributed by atoms with Crippen LogP contribution in [0, 0.1) is 5.92 Å². The van der Waals surface area contributed by atoms with Gasteiger partial charge in [0.15, 0.2) is 5.58 Å². The third-order valence-electron chi connectivity index (χ3n) is 5.02. The third kappa shape index (κ3) is 2.78. The lowest BCUT2D eigenvalue weighted by molar-refractivity contribution is 0.183. The summed E-state index contributed by atoms with van der Waals surface area (Å²) in [6, 6.07) is 13.7. The van der Waals surface area contributed by atoms with E-state index < -0.39 is 0 Å². The van der Waals surface area contributed by atoms with Crippen LogP contribution >= 0.6 is 0 Å². The molecular formula is C20H22N2O2. The fourth-order valence-corrected chi connectivity index (χ4v) is 3.45. The van der Waals surface area contributed by atoms with Crippen molar-refractivity contribution in [2.75, 3.05) is 13.1 Å². The molecule has 0 bridgehead atoms. The van der Waals surface area contributed by atoms with Gasteiger partial charge in [-0.15, -0.1) is 0 Å². The molecular weight excluding hydrogens is 300 g/mol. The number of aromatic hydroxyl groups is 1. The van der Waals surface area contributed by atoms with Crippen molar-refractivity contribution in [2.24, 2.45) is 5.92 Å². The maximum atomic E-state index is 10.4. The first kappa shape index (κ1) is 15.2. The Morgan fingerprint density at radius 1 is 1.12 bits per heavy atom. The molecule has 124 valence electrons. The number of phenolic OH excluding ortho intramolecular Hbond substituents is 1. The first-order valence-electron chi connectivity index (χ1n) is 8.60. The molecule has 4 rings (SSSR count). The monoisotopic (exact) mass is 322 g/mol. The standard InChI is InChI=1S/C20H22N2O2/c1-14-9-11-22(12-10-14)13-17-18(23)8-7-16-19(21-24-20(16)17)15-5-3-2-4-6-15/h2-8,14,23H,9-13H2,1H3. The number of aromatic nitrogens is 1. The Morgan fingerprint density at radius 2 is 1.88 bits per heavy atom. The van der Waals surface area contributed by atoms with Crippen LogP contribution in [0.3, 0.4) is 0 Å². The summed E-state index contributed by atoms with van der Waals surface area (Å²) in [6.07, 6.45) is 2.42. The number of hydrogen-bond acceptors (Lipinski definition) is 4. The minimum absolute atomic E-state index is 0.289. The molecule has 0 atom stereocenters. The van der Waals surface area contributed by atoms with Crippen LogP contribution in [0.15, 0.2) is 47.0 Å². The molecule has 0 aliphatic carbocycles. The predicted octanol–water partition coefficient (Wildman–Crippen LogP) is 4.43. The van der Waals surface area contributed by atoms with E-state index in [0.29, 0.717) is 12.1 Å². The Labute approximate surface area is 141 Å². The Hall–Kier alpha value is -2.33. The second kappa shape index (κ2) is 6.29. The Morgan fingerprint density at radius 3 is 2.62 bits per heavy atom. The average molecular weight is 322 g/mol. The highest BCUT2D eigenvalue weighted by atomic mass is 16.5. The van der Waals surface area contributed by atoms with Crippen molar-refractivity contribution in [1.82, 2.24) is 10.1 Å². The highest BCUT2D eigenvalue weighted by Gasteiger charge is 2.21. The molecule has 1 saturated heterocycles. The lowest BCUT2D eigenvalue weighted by Crippen LogP contribution is -2.32. The smallest absolute Gasteiger partial charge is 0.175 e. The summed E-state index contributed by atoms with van der Waals surface area (Å²) in [5.74, 6) is 1.08. The van der Waals surface area contributed by atoms with Crippen molar-refractivity contribution in [3.05, 3.63) is 48.0 Å². The van der Waals surface area contributed by atoms with Gasteiger partial charge >= 0.3 is 0 Å². The maximum absolute atomic E-state index is 10.4. The molecule has 2 aromatic carbocycles. The van der Waals surface area contributed by atoms with Crippen LogP contribution in [-0.4, -0.2) is 28.3 Å². The van der Waals surface area contributed by atoms with E-state index in [1.165, 1.54) is 12.8 Å². The van der Waals surface area contributed by atoms with Gasteiger partial charge in [0.25, 0.3) is 0 Å². The molecule has 0 radical (unpaired) electrons. The van der Waals surface area contributed by atoms with Gasteiger partial charge in [-0.3, -0.25) is 4.90 Å². The zero-order chi connectivity index (χ0) is 16.5. The summed E-state index contributed by atoms with van der Waals surface area (Å²) in [6.45, 7) is 5.14. The number of phenols is 1. The lowest BCUT2D eigenvalue weighted by atomic mass is 9.98. The Balaban J connectivity index is 1.71. The number of likely N-dealkylation sites (tertiary alicyclic amines) is 1. The molecule has 3 aromatic rings. The minimum atomic E-state index is 0.289. The SMILES string of the molecule is CC1CCN(Cc2c(O)ccc3c(-c4ccccc4)noc23)CC1. The predicted molar refractivity (Wildman–Crippen MR) is 94.8 cm³/mol. The number of piperidine rings is 1. The van der Waals surface area contributed by atoms with Gasteiger partial charge in [-0.25, -0.2) is 0 Å². The normalized spacial score (nSPS) is 16.7. The molecule has 0 unspecified atom stereocenters. The molecule has 0 saturated carbocycles. The number of fused-ring (bicyclic) bond motifs is 1. The third-order valence-corrected chi connectivity index (χ3v) is 5.02. The van der Waals surface area contributed by atoms with Gasteiger partial charge in [-0.1, -0.05) is 42.4 Å². The molecule has 4 heteroatoms. The summed E-state index contributed by atoms with van der Waals surface area (Å²) in [4.78, 5) is 2.39. The van der Waals surface area contributed by atoms with Crippen LogP contribution in [0.25, 0.3) is 22.2 Å². The van der Waals surface area contributed by atoms with Gasteiger partial charge in [0.05, 0.1) is 10.9 Å². The molecule has 4 nitrogen and oxygen atoms in total. The van der Waals surface area contributed by atoms with Crippen LogP contribution in [0.2, 0.25) is 0 Å². The summed E-state index contributed by atoms with van der Waals surface area (Å²) < 4.78 is 5.64. The summed E-state index contributed by atoms with van der Waals surface area (Å²) in [5.41, 5.74) is 3.41. The van der Waals surface area contributed by atoms with Crippen molar-refractivity contribution < 1.29 is 9.63 Å². The first-order chi connectivity index (χ1) is 11.7. The fraction of sp³-hybridized carbons (Fsp3) is 0.350. The number of rotatable bonds is 3. The van der Waals surface area contributed by atoms with Gasteiger partial charge in [-0.05, 0) is 44.0 Å². The van der Waals surface area contributed by atoms with Crippen LogP contribution < -0.4 is 0 Å². The first-order valence-corrected chi connectivity index (χ1v) is 8.60. The maximum Gasteiger partial charge on any atom is 0.175 e. The van der Waals surface area contributed by atoms with E-state index in [4.69, 9.17) is 4.52 Å². The topological polar surface area (TPSA) is 49.5 Å². The zero-order valence-corrected chi connectivity index (χ0v) is 13.9. The van der Waals surface area contributed by atoms with E-state index in [2.05, 4.69) is 17.0 Å². The van der Waals surface area contributed by atoms with Crippen molar-refractivity contribution in [3.63, 3.8) is 0 Å². The fourth-order valence-electron chi connectivity index (χ4n) is 3.45. The van der Waals surface area contributed by atoms with Crippen molar-refractivity contribution in [2.45, 2.75) is 26.3 Å². The van der Waals surface area contributed by atoms with E-state index in [1.807, 2.05) is 36.4 Å². The second-order valence-electron chi connectivity index (χ2n) is 6.80. The van der Waals surface area contributed by atoms with Crippen LogP contribution in [-0.2, 0) is 6.54 Å². The van der Waals surface area contributed by atoms with Gasteiger partial charge < -0.3 is 9.63 Å². The average Bonchev–Trinajstić information content (AvgIpc) is 3.04. The van der Waals surface area contributed by atoms with Crippen molar-refractivity contribution >= 4 is 11.0 Å². The van der Waals surface area contributed by atoms with E-state index >= 15 is 0 Å². The number of hydrogen-bond donors (Lipinski definition) is 1. The zero-order valence-electron chi connectivity index (χ0n) is 13.9. The van der Waals surface area contributed by atoms with Crippen LogP contribution in [0.4, 0.5) is 0 Å². The second-order valence-corrected chi connectivity index (χ2v) is 6.80. The molecule has 0 spiro atoms. The highest BCUT2D eigenvalue weighted by Crippen LogP contribution is 2.35. The van der Waals surface area contributed by atoms with Crippen LogP contribution in [0.5, 0.6) is 5.75 Å². The van der Waals surface area contributed by atoms with Gasteiger partial charge in [-0.2, -0.15) is 0 Å². The largest absolute Gasteiger partial charge is 0.507 e. The van der Waals surface area contributed by atoms with Gasteiger partial charge in [0.1, 0.15) is 11.4 Å². The van der Waals surface area contributed by atoms with E-state index in [-0.39, 0.29) is 5.75 Å². The molecule has 0 amide bonds. The minimum Gasteiger partial charge on any atom is -0.507 e. The molecule has 1 fully saturated rings. The summed E-state index contributed by atoms with van der Waals surface area (Å²) in [7, 11) is 0. The highest BCUT2D eigenvalue weighted by molar-refractivity contribution is 5.94. The van der Waals surface area contributed by atoms with Crippen molar-refractivity contribution in [3.8, 4) is 17.0 Å². The summed E-state index contributed by atoms with van der Waals surface area (Å²) in [5, 5.41) is 15.6. The van der Waals surface area contributed by atoms with Crippen LogP contribution in [0.1, 0.15) is 25.3 Å². The molecule has 1 N–H and O–H groups in total. The molecule has 1 aliphatic rings. The Bertz CT molecular complexity index is 833. The van der Waals surface area contributed by atoms with Crippen molar-refractivity contribution in [1.29, 1.82) is 0 Å². The lowest BCUT2D eigenvalue weighted by Gasteiger charge is -2.30. The molecule has 2 heterocycles. The Kier molecular flexibility index (Phi) is 3.98. The van der Waals surface area contributed by atoms with E-state index in [0.717, 1.165) is 41.2 Å². The quantitative estimate of drug-likeness (QED) is 0.775. The van der Waals surface area contributed by atoms with E-state index in [9.17, 15) is 5.11 Å². The molecule has 24 heavy (non-hydrogen) atoms. The number of nitrogens with zero attached hydrogens (tertiary/aromatic N) is 2. The van der Waals surface area contributed by atoms with Gasteiger partial charge in [0, 0.05) is 12.1 Å². The summed E-state index contributed by atoms with van der Waals surface area (Å²) >= 11 is 0. The molecule has 1 aromatic heterocycles.